The van der Waals surface area contributed by atoms with Gasteiger partial charge in [-0.25, -0.2) is 0 Å². The molecule has 0 spiro atoms. The normalized spacial score (nSPS) is 26.0. The third-order valence-corrected chi connectivity index (χ3v) is 5.48. The summed E-state index contributed by atoms with van der Waals surface area (Å²) >= 11 is 0. The van der Waals surface area contributed by atoms with Crippen LogP contribution >= 0.6 is 0 Å². The maximum atomic E-state index is 12.6. The Morgan fingerprint density at radius 1 is 1.19 bits per heavy atom. The quantitative estimate of drug-likeness (QED) is 0.846. The van der Waals surface area contributed by atoms with Gasteiger partial charge in [-0.2, -0.15) is 0 Å². The van der Waals surface area contributed by atoms with E-state index in [1.165, 1.54) is 12.8 Å². The van der Waals surface area contributed by atoms with Crippen LogP contribution in [0.5, 0.6) is 5.75 Å². The van der Waals surface area contributed by atoms with Gasteiger partial charge in [0, 0.05) is 24.7 Å². The Morgan fingerprint density at radius 2 is 1.88 bits per heavy atom. The van der Waals surface area contributed by atoms with Crippen molar-refractivity contribution in [1.82, 2.24) is 5.32 Å². The van der Waals surface area contributed by atoms with E-state index in [0.717, 1.165) is 36.6 Å². The average Bonchev–Trinajstić information content (AvgIpc) is 3.04. The summed E-state index contributed by atoms with van der Waals surface area (Å²) in [5, 5.41) is 3.17. The summed E-state index contributed by atoms with van der Waals surface area (Å²) in [6.45, 7) is 5.48. The molecule has 1 saturated carbocycles. The van der Waals surface area contributed by atoms with E-state index >= 15 is 0 Å². The van der Waals surface area contributed by atoms with Gasteiger partial charge in [-0.1, -0.05) is 13.8 Å². The number of ether oxygens (including phenoxy) is 1. The van der Waals surface area contributed by atoms with E-state index in [1.54, 1.807) is 4.90 Å². The fourth-order valence-electron chi connectivity index (χ4n) is 3.80. The van der Waals surface area contributed by atoms with E-state index < -0.39 is 0 Å². The number of carbonyl (C=O) groups excluding carboxylic acids is 2. The molecule has 5 heteroatoms. The van der Waals surface area contributed by atoms with Crippen LogP contribution in [0, 0.1) is 11.8 Å². The molecule has 3 rings (SSSR count). The molecule has 1 aliphatic carbocycles. The van der Waals surface area contributed by atoms with E-state index in [2.05, 4.69) is 19.2 Å². The van der Waals surface area contributed by atoms with Crippen molar-refractivity contribution in [3.8, 4) is 5.75 Å². The fourth-order valence-corrected chi connectivity index (χ4v) is 3.80. The molecule has 0 aromatic heterocycles. The van der Waals surface area contributed by atoms with Crippen molar-refractivity contribution < 1.29 is 14.3 Å². The zero-order valence-electron chi connectivity index (χ0n) is 15.9. The number of benzene rings is 1. The lowest BCUT2D eigenvalue weighted by molar-refractivity contribution is -0.127. The lowest BCUT2D eigenvalue weighted by Gasteiger charge is -2.27. The van der Waals surface area contributed by atoms with Crippen molar-refractivity contribution >= 4 is 17.5 Å². The van der Waals surface area contributed by atoms with Gasteiger partial charge in [0.05, 0.1) is 12.5 Å². The molecule has 1 heterocycles. The maximum Gasteiger partial charge on any atom is 0.227 e. The fraction of sp³-hybridized carbons (Fsp3) is 0.619. The minimum atomic E-state index is -0.252. The van der Waals surface area contributed by atoms with Crippen LogP contribution in [0.3, 0.4) is 0 Å². The SMILES string of the molecule is CCCOc1ccc(N2C[C@@H](C(=O)NC3CCC(C)CC3)CC2=O)cc1. The first-order valence-corrected chi connectivity index (χ1v) is 9.90. The highest BCUT2D eigenvalue weighted by molar-refractivity contribution is 6.00. The van der Waals surface area contributed by atoms with E-state index in [1.807, 2.05) is 24.3 Å². The summed E-state index contributed by atoms with van der Waals surface area (Å²) in [4.78, 5) is 26.7. The van der Waals surface area contributed by atoms with Crippen LogP contribution in [0.4, 0.5) is 5.69 Å². The molecule has 1 atom stereocenters. The number of amides is 2. The third kappa shape index (κ3) is 4.57. The molecule has 1 saturated heterocycles. The molecule has 1 N–H and O–H groups in total. The Hall–Kier alpha value is -2.04. The van der Waals surface area contributed by atoms with Gasteiger partial charge in [-0.05, 0) is 62.3 Å². The number of hydrogen-bond acceptors (Lipinski definition) is 3. The summed E-state index contributed by atoms with van der Waals surface area (Å²) in [7, 11) is 0. The Bertz CT molecular complexity index is 621. The third-order valence-electron chi connectivity index (χ3n) is 5.48. The van der Waals surface area contributed by atoms with Crippen molar-refractivity contribution in [3.63, 3.8) is 0 Å². The molecule has 5 nitrogen and oxygen atoms in total. The number of hydrogen-bond donors (Lipinski definition) is 1. The van der Waals surface area contributed by atoms with Crippen molar-refractivity contribution in [2.45, 2.75) is 58.4 Å². The summed E-state index contributed by atoms with van der Waals surface area (Å²) in [5.74, 6) is 1.37. The average molecular weight is 358 g/mol. The van der Waals surface area contributed by atoms with Crippen LogP contribution in [0.1, 0.15) is 52.4 Å². The zero-order chi connectivity index (χ0) is 18.5. The number of anilines is 1. The largest absolute Gasteiger partial charge is 0.494 e. The van der Waals surface area contributed by atoms with Gasteiger partial charge in [0.1, 0.15) is 5.75 Å². The smallest absolute Gasteiger partial charge is 0.227 e. The minimum Gasteiger partial charge on any atom is -0.494 e. The molecule has 26 heavy (non-hydrogen) atoms. The molecule has 1 aromatic rings. The molecule has 0 unspecified atom stereocenters. The highest BCUT2D eigenvalue weighted by Gasteiger charge is 2.36. The van der Waals surface area contributed by atoms with Gasteiger partial charge < -0.3 is 15.0 Å². The molecule has 142 valence electrons. The summed E-state index contributed by atoms with van der Waals surface area (Å²) < 4.78 is 5.58. The van der Waals surface area contributed by atoms with Crippen molar-refractivity contribution in [2.24, 2.45) is 11.8 Å². The molecular weight excluding hydrogens is 328 g/mol. The van der Waals surface area contributed by atoms with Crippen LogP contribution in [-0.4, -0.2) is 31.0 Å². The highest BCUT2D eigenvalue weighted by Crippen LogP contribution is 2.28. The molecule has 1 aromatic carbocycles. The lowest BCUT2D eigenvalue weighted by Crippen LogP contribution is -2.41. The maximum absolute atomic E-state index is 12.6. The Labute approximate surface area is 156 Å². The van der Waals surface area contributed by atoms with Gasteiger partial charge >= 0.3 is 0 Å². The summed E-state index contributed by atoms with van der Waals surface area (Å²) in [5.41, 5.74) is 0.834. The first-order valence-electron chi connectivity index (χ1n) is 9.90. The van der Waals surface area contributed by atoms with Crippen LogP contribution in [0.25, 0.3) is 0 Å². The number of carbonyl (C=O) groups is 2. The first-order chi connectivity index (χ1) is 12.6. The number of nitrogens with zero attached hydrogens (tertiary/aromatic N) is 1. The predicted molar refractivity (Wildman–Crippen MR) is 102 cm³/mol. The number of nitrogens with one attached hydrogen (secondary N) is 1. The second-order valence-corrected chi connectivity index (χ2v) is 7.71. The van der Waals surface area contributed by atoms with Gasteiger partial charge in [0.15, 0.2) is 0 Å². The van der Waals surface area contributed by atoms with Gasteiger partial charge in [-0.15, -0.1) is 0 Å². The van der Waals surface area contributed by atoms with Gasteiger partial charge in [-0.3, -0.25) is 9.59 Å². The van der Waals surface area contributed by atoms with Crippen LogP contribution < -0.4 is 15.0 Å². The van der Waals surface area contributed by atoms with E-state index in [9.17, 15) is 9.59 Å². The molecule has 2 fully saturated rings. The zero-order valence-corrected chi connectivity index (χ0v) is 15.9. The van der Waals surface area contributed by atoms with Gasteiger partial charge in [0.25, 0.3) is 0 Å². The lowest BCUT2D eigenvalue weighted by atomic mass is 9.87. The second kappa shape index (κ2) is 8.56. The van der Waals surface area contributed by atoms with Crippen molar-refractivity contribution in [3.05, 3.63) is 24.3 Å². The van der Waals surface area contributed by atoms with Gasteiger partial charge in [0.2, 0.25) is 11.8 Å². The molecule has 2 amide bonds. The Morgan fingerprint density at radius 3 is 2.54 bits per heavy atom. The monoisotopic (exact) mass is 358 g/mol. The predicted octanol–water partition coefficient (Wildman–Crippen LogP) is 3.52. The molecule has 2 aliphatic rings. The van der Waals surface area contributed by atoms with Crippen LogP contribution in [0.15, 0.2) is 24.3 Å². The second-order valence-electron chi connectivity index (χ2n) is 7.71. The van der Waals surface area contributed by atoms with E-state index in [-0.39, 0.29) is 23.8 Å². The van der Waals surface area contributed by atoms with E-state index in [4.69, 9.17) is 4.74 Å². The van der Waals surface area contributed by atoms with Crippen molar-refractivity contribution in [2.75, 3.05) is 18.1 Å². The minimum absolute atomic E-state index is 0.0182. The standard InChI is InChI=1S/C21H30N2O3/c1-3-12-26-19-10-8-18(9-11-19)23-14-16(13-20(23)24)21(25)22-17-6-4-15(2)5-7-17/h8-11,15-17H,3-7,12-14H2,1-2H3,(H,22,25)/t15?,16-,17?/m0/s1. The van der Waals surface area contributed by atoms with Crippen molar-refractivity contribution in [1.29, 1.82) is 0 Å². The topological polar surface area (TPSA) is 58.6 Å². The number of rotatable bonds is 6. The summed E-state index contributed by atoms with van der Waals surface area (Å²) in [6.07, 6.45) is 5.71. The summed E-state index contributed by atoms with van der Waals surface area (Å²) in [6, 6.07) is 7.83. The molecule has 0 bridgehead atoms. The molecule has 0 radical (unpaired) electrons. The highest BCUT2D eigenvalue weighted by atomic mass is 16.5. The van der Waals surface area contributed by atoms with Crippen LogP contribution in [-0.2, 0) is 9.59 Å². The Balaban J connectivity index is 1.55. The Kier molecular flexibility index (Phi) is 6.17. The first kappa shape index (κ1) is 18.7. The molecule has 1 aliphatic heterocycles. The molecular formula is C21H30N2O3. The van der Waals surface area contributed by atoms with E-state index in [0.29, 0.717) is 19.6 Å². The van der Waals surface area contributed by atoms with Crippen LogP contribution in [0.2, 0.25) is 0 Å².